The molecule has 0 aromatic carbocycles. The van der Waals surface area contributed by atoms with Crippen molar-refractivity contribution in [3.8, 4) is 0 Å². The zero-order valence-electron chi connectivity index (χ0n) is 6.42. The predicted octanol–water partition coefficient (Wildman–Crippen LogP) is 1.07. The maximum atomic E-state index is 11.1. The average Bonchev–Trinajstić information content (AvgIpc) is 2.03. The van der Waals surface area contributed by atoms with E-state index in [-0.39, 0.29) is 15.9 Å². The zero-order chi connectivity index (χ0) is 9.84. The Hall–Kier alpha value is -0.840. The van der Waals surface area contributed by atoms with E-state index in [4.69, 9.17) is 28.3 Å². The standard InChI is InChI=1S/C7H6Cl2N2O2/c8-5-1-4(2-6(9)11-5)7(13)10-3-12/h1-2,12H,3H2,(H,10,13). The number of halogens is 2. The minimum Gasteiger partial charge on any atom is -0.376 e. The van der Waals surface area contributed by atoms with Crippen LogP contribution in [0.5, 0.6) is 0 Å². The molecule has 1 rings (SSSR count). The normalized spacial score (nSPS) is 9.77. The van der Waals surface area contributed by atoms with Crippen molar-refractivity contribution in [3.05, 3.63) is 28.0 Å². The van der Waals surface area contributed by atoms with Crippen molar-refractivity contribution in [1.82, 2.24) is 10.3 Å². The number of pyridine rings is 1. The highest BCUT2D eigenvalue weighted by Gasteiger charge is 2.06. The first-order valence-corrected chi connectivity index (χ1v) is 4.11. The van der Waals surface area contributed by atoms with Crippen LogP contribution in [0, 0.1) is 0 Å². The van der Waals surface area contributed by atoms with Gasteiger partial charge in [0.15, 0.2) is 0 Å². The van der Waals surface area contributed by atoms with E-state index in [1.807, 2.05) is 0 Å². The van der Waals surface area contributed by atoms with Crippen molar-refractivity contribution in [3.63, 3.8) is 0 Å². The highest BCUT2D eigenvalue weighted by Crippen LogP contribution is 2.14. The van der Waals surface area contributed by atoms with Gasteiger partial charge in [-0.1, -0.05) is 23.2 Å². The van der Waals surface area contributed by atoms with Gasteiger partial charge in [0.05, 0.1) is 0 Å². The Morgan fingerprint density at radius 2 is 2.00 bits per heavy atom. The molecule has 0 aliphatic heterocycles. The summed E-state index contributed by atoms with van der Waals surface area (Å²) in [4.78, 5) is 14.8. The van der Waals surface area contributed by atoms with E-state index < -0.39 is 12.6 Å². The maximum absolute atomic E-state index is 11.1. The van der Waals surface area contributed by atoms with Gasteiger partial charge in [0, 0.05) is 5.56 Å². The number of carbonyl (C=O) groups excluding carboxylic acids is 1. The molecule has 0 fully saturated rings. The number of hydrogen-bond acceptors (Lipinski definition) is 3. The fourth-order valence-electron chi connectivity index (χ4n) is 0.770. The first-order valence-electron chi connectivity index (χ1n) is 3.35. The lowest BCUT2D eigenvalue weighted by Gasteiger charge is -2.01. The van der Waals surface area contributed by atoms with Crippen LogP contribution in [-0.4, -0.2) is 22.7 Å². The molecule has 0 unspecified atom stereocenters. The minimum atomic E-state index is -0.450. The molecule has 1 amide bonds. The zero-order valence-corrected chi connectivity index (χ0v) is 7.93. The molecule has 4 nitrogen and oxygen atoms in total. The number of aliphatic hydroxyl groups excluding tert-OH is 1. The fraction of sp³-hybridized carbons (Fsp3) is 0.143. The predicted molar refractivity (Wildman–Crippen MR) is 48.8 cm³/mol. The molecule has 1 aromatic heterocycles. The number of nitrogens with one attached hydrogen (secondary N) is 1. The Morgan fingerprint density at radius 3 is 2.46 bits per heavy atom. The highest BCUT2D eigenvalue weighted by atomic mass is 35.5. The lowest BCUT2D eigenvalue weighted by atomic mass is 10.2. The second-order valence-electron chi connectivity index (χ2n) is 2.17. The summed E-state index contributed by atoms with van der Waals surface area (Å²) in [5.74, 6) is -0.450. The van der Waals surface area contributed by atoms with Gasteiger partial charge >= 0.3 is 0 Å². The highest BCUT2D eigenvalue weighted by molar-refractivity contribution is 6.33. The third kappa shape index (κ3) is 2.84. The van der Waals surface area contributed by atoms with Crippen LogP contribution in [-0.2, 0) is 0 Å². The van der Waals surface area contributed by atoms with E-state index in [9.17, 15) is 4.79 Å². The van der Waals surface area contributed by atoms with Gasteiger partial charge in [-0.2, -0.15) is 0 Å². The summed E-state index contributed by atoms with van der Waals surface area (Å²) in [6, 6.07) is 2.72. The number of aromatic nitrogens is 1. The smallest absolute Gasteiger partial charge is 0.253 e. The number of amides is 1. The van der Waals surface area contributed by atoms with Crippen molar-refractivity contribution < 1.29 is 9.90 Å². The Morgan fingerprint density at radius 1 is 1.46 bits per heavy atom. The third-order valence-corrected chi connectivity index (χ3v) is 1.65. The van der Waals surface area contributed by atoms with Crippen molar-refractivity contribution in [2.75, 3.05) is 6.73 Å². The average molecular weight is 221 g/mol. The van der Waals surface area contributed by atoms with Crippen LogP contribution < -0.4 is 5.32 Å². The van der Waals surface area contributed by atoms with Crippen molar-refractivity contribution in [2.45, 2.75) is 0 Å². The molecule has 13 heavy (non-hydrogen) atoms. The van der Waals surface area contributed by atoms with Crippen LogP contribution in [0.2, 0.25) is 10.3 Å². The quantitative estimate of drug-likeness (QED) is 0.579. The summed E-state index contributed by atoms with van der Waals surface area (Å²) in [7, 11) is 0. The second kappa shape index (κ2) is 4.41. The van der Waals surface area contributed by atoms with Gasteiger partial charge in [0.25, 0.3) is 5.91 Å². The van der Waals surface area contributed by atoms with Gasteiger partial charge in [-0.05, 0) is 12.1 Å². The summed E-state index contributed by atoms with van der Waals surface area (Å²) >= 11 is 11.1. The van der Waals surface area contributed by atoms with Gasteiger partial charge in [-0.15, -0.1) is 0 Å². The second-order valence-corrected chi connectivity index (χ2v) is 2.94. The molecule has 1 heterocycles. The number of hydrogen-bond donors (Lipinski definition) is 2. The lowest BCUT2D eigenvalue weighted by molar-refractivity contribution is 0.0910. The first-order chi connectivity index (χ1) is 6.13. The number of aliphatic hydroxyl groups is 1. The van der Waals surface area contributed by atoms with Crippen LogP contribution in [0.3, 0.4) is 0 Å². The van der Waals surface area contributed by atoms with Crippen LogP contribution in [0.1, 0.15) is 10.4 Å². The molecule has 0 aliphatic carbocycles. The topological polar surface area (TPSA) is 62.2 Å². The summed E-state index contributed by atoms with van der Waals surface area (Å²) < 4.78 is 0. The molecule has 70 valence electrons. The molecule has 1 aromatic rings. The molecular formula is C7H6Cl2N2O2. The Kier molecular flexibility index (Phi) is 3.48. The van der Waals surface area contributed by atoms with E-state index in [0.29, 0.717) is 0 Å². The van der Waals surface area contributed by atoms with Gasteiger partial charge in [0.1, 0.15) is 17.0 Å². The monoisotopic (exact) mass is 220 g/mol. The number of rotatable bonds is 2. The molecule has 0 saturated heterocycles. The largest absolute Gasteiger partial charge is 0.376 e. The van der Waals surface area contributed by atoms with Crippen molar-refractivity contribution in [2.24, 2.45) is 0 Å². The Labute approximate surface area is 84.5 Å². The summed E-state index contributed by atoms with van der Waals surface area (Å²) in [6.07, 6.45) is 0. The molecule has 6 heteroatoms. The molecule has 0 atom stereocenters. The third-order valence-electron chi connectivity index (χ3n) is 1.26. The molecule has 0 aliphatic rings. The number of nitrogens with zero attached hydrogens (tertiary/aromatic N) is 1. The molecule has 0 saturated carbocycles. The van der Waals surface area contributed by atoms with Gasteiger partial charge in [-0.25, -0.2) is 4.98 Å². The minimum absolute atomic E-state index is 0.135. The fourth-order valence-corrected chi connectivity index (χ4v) is 1.23. The molecular weight excluding hydrogens is 215 g/mol. The van der Waals surface area contributed by atoms with E-state index in [1.54, 1.807) is 0 Å². The first kappa shape index (κ1) is 10.2. The van der Waals surface area contributed by atoms with E-state index in [1.165, 1.54) is 12.1 Å². The van der Waals surface area contributed by atoms with Crippen molar-refractivity contribution >= 4 is 29.1 Å². The lowest BCUT2D eigenvalue weighted by Crippen LogP contribution is -2.24. The number of carbonyl (C=O) groups is 1. The van der Waals surface area contributed by atoms with Crippen LogP contribution in [0.4, 0.5) is 0 Å². The van der Waals surface area contributed by atoms with Crippen LogP contribution in [0.15, 0.2) is 12.1 Å². The molecule has 0 radical (unpaired) electrons. The SMILES string of the molecule is O=C(NCO)c1cc(Cl)nc(Cl)c1. The summed E-state index contributed by atoms with van der Waals surface area (Å²) in [5.41, 5.74) is 0.263. The Bertz CT molecular complexity index is 310. The van der Waals surface area contributed by atoms with Crippen molar-refractivity contribution in [1.29, 1.82) is 0 Å². The van der Waals surface area contributed by atoms with E-state index in [0.717, 1.165) is 0 Å². The molecule has 0 bridgehead atoms. The maximum Gasteiger partial charge on any atom is 0.253 e. The summed E-state index contributed by atoms with van der Waals surface area (Å²) in [5, 5.41) is 10.9. The van der Waals surface area contributed by atoms with Crippen LogP contribution in [0.25, 0.3) is 0 Å². The van der Waals surface area contributed by atoms with Gasteiger partial charge < -0.3 is 10.4 Å². The van der Waals surface area contributed by atoms with E-state index in [2.05, 4.69) is 10.3 Å². The molecule has 0 spiro atoms. The van der Waals surface area contributed by atoms with Gasteiger partial charge in [0.2, 0.25) is 0 Å². The Balaban J connectivity index is 2.94. The van der Waals surface area contributed by atoms with Crippen LogP contribution >= 0.6 is 23.2 Å². The summed E-state index contributed by atoms with van der Waals surface area (Å²) in [6.45, 7) is -0.434. The molecule has 2 N–H and O–H groups in total. The van der Waals surface area contributed by atoms with Gasteiger partial charge in [-0.3, -0.25) is 4.79 Å². The van der Waals surface area contributed by atoms with E-state index >= 15 is 0 Å².